The van der Waals surface area contributed by atoms with E-state index in [1.54, 1.807) is 6.33 Å². The molecule has 2 fully saturated rings. The highest BCUT2D eigenvalue weighted by Gasteiger charge is 2.68. The SMILES string of the molecule is CCC1CCC2C(c3nc(-c4cnc5[nH]cnc5c4)nc4c3nc3n4CCOC3(C)C)C12C. The topological polar surface area (TPSA) is 94.4 Å². The summed E-state index contributed by atoms with van der Waals surface area (Å²) >= 11 is 0. The Labute approximate surface area is 192 Å². The maximum atomic E-state index is 6.07. The molecule has 0 aromatic carbocycles. The molecule has 0 amide bonds. The number of imidazole rings is 2. The predicted molar refractivity (Wildman–Crippen MR) is 125 cm³/mol. The van der Waals surface area contributed by atoms with E-state index in [4.69, 9.17) is 19.7 Å². The van der Waals surface area contributed by atoms with Crippen LogP contribution >= 0.6 is 0 Å². The second-order valence-corrected chi connectivity index (χ2v) is 10.7. The van der Waals surface area contributed by atoms with Gasteiger partial charge in [-0.25, -0.2) is 24.9 Å². The Bertz CT molecular complexity index is 1420. The Kier molecular flexibility index (Phi) is 3.78. The summed E-state index contributed by atoms with van der Waals surface area (Å²) < 4.78 is 8.31. The van der Waals surface area contributed by atoms with Gasteiger partial charge in [-0.1, -0.05) is 20.3 Å². The molecule has 3 aliphatic rings. The van der Waals surface area contributed by atoms with Crippen molar-refractivity contribution in [2.45, 2.75) is 65.0 Å². The molecular weight excluding hydrogens is 414 g/mol. The largest absolute Gasteiger partial charge is 0.366 e. The van der Waals surface area contributed by atoms with Gasteiger partial charge in [0.15, 0.2) is 17.1 Å². The molecule has 8 heteroatoms. The van der Waals surface area contributed by atoms with Crippen molar-refractivity contribution in [1.82, 2.24) is 34.5 Å². The fourth-order valence-electron chi connectivity index (χ4n) is 6.92. The molecule has 2 aliphatic carbocycles. The van der Waals surface area contributed by atoms with Gasteiger partial charge in [0.2, 0.25) is 0 Å². The highest BCUT2D eigenvalue weighted by molar-refractivity contribution is 5.81. The van der Waals surface area contributed by atoms with E-state index in [-0.39, 0.29) is 0 Å². The van der Waals surface area contributed by atoms with Gasteiger partial charge in [-0.15, -0.1) is 0 Å². The number of H-pyrrole nitrogens is 1. The van der Waals surface area contributed by atoms with Gasteiger partial charge in [-0.05, 0) is 50.0 Å². The number of pyridine rings is 1. The highest BCUT2D eigenvalue weighted by Crippen LogP contribution is 2.76. The third kappa shape index (κ3) is 2.53. The Hall–Kier alpha value is -2.87. The van der Waals surface area contributed by atoms with Crippen LogP contribution in [0, 0.1) is 17.3 Å². The minimum atomic E-state index is -0.443. The number of rotatable bonds is 3. The van der Waals surface area contributed by atoms with Crippen LogP contribution in [0.3, 0.4) is 0 Å². The summed E-state index contributed by atoms with van der Waals surface area (Å²) in [5.41, 5.74) is 5.35. The molecule has 4 aromatic heterocycles. The predicted octanol–water partition coefficient (Wildman–Crippen LogP) is 4.57. The van der Waals surface area contributed by atoms with Crippen molar-refractivity contribution >= 4 is 22.3 Å². The smallest absolute Gasteiger partial charge is 0.164 e. The third-order valence-corrected chi connectivity index (χ3v) is 8.72. The minimum absolute atomic E-state index is 0.313. The quantitative estimate of drug-likeness (QED) is 0.498. The van der Waals surface area contributed by atoms with Crippen LogP contribution in [0.2, 0.25) is 0 Å². The summed E-state index contributed by atoms with van der Waals surface area (Å²) in [6, 6.07) is 2.02. The van der Waals surface area contributed by atoms with Gasteiger partial charge in [0, 0.05) is 24.2 Å². The summed E-state index contributed by atoms with van der Waals surface area (Å²) in [4.78, 5) is 27.4. The summed E-state index contributed by atoms with van der Waals surface area (Å²) in [6.45, 7) is 10.4. The monoisotopic (exact) mass is 443 g/mol. The zero-order chi connectivity index (χ0) is 22.5. The van der Waals surface area contributed by atoms with Gasteiger partial charge in [0.1, 0.15) is 22.5 Å². The number of nitrogens with zero attached hydrogens (tertiary/aromatic N) is 6. The Morgan fingerprint density at radius 2 is 2.03 bits per heavy atom. The van der Waals surface area contributed by atoms with E-state index in [2.05, 4.69) is 47.2 Å². The van der Waals surface area contributed by atoms with Crippen molar-refractivity contribution in [1.29, 1.82) is 0 Å². The molecular formula is C25H29N7O. The molecule has 170 valence electrons. The molecule has 4 aromatic rings. The number of ether oxygens (including phenoxy) is 1. The zero-order valence-corrected chi connectivity index (χ0v) is 19.6. The molecule has 2 saturated carbocycles. The summed E-state index contributed by atoms with van der Waals surface area (Å²) in [6.07, 6.45) is 7.35. The highest BCUT2D eigenvalue weighted by atomic mass is 16.5. The lowest BCUT2D eigenvalue weighted by Gasteiger charge is -2.30. The van der Waals surface area contributed by atoms with E-state index in [0.29, 0.717) is 29.7 Å². The Morgan fingerprint density at radius 1 is 1.15 bits per heavy atom. The normalized spacial score (nSPS) is 30.0. The molecule has 0 saturated heterocycles. The van der Waals surface area contributed by atoms with Gasteiger partial charge >= 0.3 is 0 Å². The summed E-state index contributed by atoms with van der Waals surface area (Å²) in [5.74, 6) is 3.52. The summed E-state index contributed by atoms with van der Waals surface area (Å²) in [7, 11) is 0. The first-order valence-electron chi connectivity index (χ1n) is 12.1. The van der Waals surface area contributed by atoms with Crippen molar-refractivity contribution in [3.05, 3.63) is 30.1 Å². The number of nitrogens with one attached hydrogen (secondary N) is 1. The van der Waals surface area contributed by atoms with E-state index in [1.807, 2.05) is 12.3 Å². The van der Waals surface area contributed by atoms with Gasteiger partial charge in [-0.2, -0.15) is 0 Å². The van der Waals surface area contributed by atoms with E-state index in [9.17, 15) is 0 Å². The Morgan fingerprint density at radius 3 is 2.88 bits per heavy atom. The van der Waals surface area contributed by atoms with Crippen LogP contribution in [0.4, 0.5) is 0 Å². The molecule has 0 radical (unpaired) electrons. The molecule has 4 unspecified atom stereocenters. The van der Waals surface area contributed by atoms with Crippen LogP contribution in [0.1, 0.15) is 64.4 Å². The van der Waals surface area contributed by atoms with Crippen molar-refractivity contribution in [3.63, 3.8) is 0 Å². The third-order valence-electron chi connectivity index (χ3n) is 8.72. The van der Waals surface area contributed by atoms with Crippen molar-refractivity contribution in [3.8, 4) is 11.4 Å². The van der Waals surface area contributed by atoms with Gasteiger partial charge in [0.25, 0.3) is 0 Å². The molecule has 33 heavy (non-hydrogen) atoms. The Balaban J connectivity index is 1.47. The lowest BCUT2D eigenvalue weighted by Crippen LogP contribution is -2.33. The van der Waals surface area contributed by atoms with Gasteiger partial charge < -0.3 is 14.3 Å². The van der Waals surface area contributed by atoms with Crippen LogP contribution in [0.5, 0.6) is 0 Å². The molecule has 1 N–H and O–H groups in total. The lowest BCUT2D eigenvalue weighted by molar-refractivity contribution is -0.0530. The lowest BCUT2D eigenvalue weighted by atomic mass is 9.86. The first-order chi connectivity index (χ1) is 15.9. The van der Waals surface area contributed by atoms with E-state index in [1.165, 1.54) is 19.3 Å². The number of aromatic amines is 1. The minimum Gasteiger partial charge on any atom is -0.366 e. The number of hydrogen-bond donors (Lipinski definition) is 1. The first kappa shape index (κ1) is 19.6. The average Bonchev–Trinajstić information content (AvgIpc) is 3.23. The molecule has 4 atom stereocenters. The maximum Gasteiger partial charge on any atom is 0.164 e. The molecule has 7 rings (SSSR count). The second-order valence-electron chi connectivity index (χ2n) is 10.7. The van der Waals surface area contributed by atoms with E-state index >= 15 is 0 Å². The van der Waals surface area contributed by atoms with Crippen LogP contribution in [-0.2, 0) is 16.9 Å². The van der Waals surface area contributed by atoms with E-state index < -0.39 is 5.60 Å². The molecule has 0 bridgehead atoms. The van der Waals surface area contributed by atoms with Crippen molar-refractivity contribution < 1.29 is 4.74 Å². The van der Waals surface area contributed by atoms with Crippen LogP contribution in [-0.4, -0.2) is 41.1 Å². The fourth-order valence-corrected chi connectivity index (χ4v) is 6.92. The van der Waals surface area contributed by atoms with Gasteiger partial charge in [-0.3, -0.25) is 0 Å². The van der Waals surface area contributed by atoms with Crippen molar-refractivity contribution in [2.75, 3.05) is 6.61 Å². The van der Waals surface area contributed by atoms with Gasteiger partial charge in [0.05, 0.1) is 18.6 Å². The fraction of sp³-hybridized carbons (Fsp3) is 0.560. The first-order valence-corrected chi connectivity index (χ1v) is 12.1. The summed E-state index contributed by atoms with van der Waals surface area (Å²) in [5, 5.41) is 0. The zero-order valence-electron chi connectivity index (χ0n) is 19.6. The molecule has 5 heterocycles. The van der Waals surface area contributed by atoms with Crippen LogP contribution in [0.25, 0.3) is 33.7 Å². The molecule has 8 nitrogen and oxygen atoms in total. The number of aromatic nitrogens is 7. The molecule has 0 spiro atoms. The van der Waals surface area contributed by atoms with Crippen LogP contribution in [0.15, 0.2) is 18.6 Å². The van der Waals surface area contributed by atoms with Crippen LogP contribution < -0.4 is 0 Å². The maximum absolute atomic E-state index is 6.07. The molecule has 1 aliphatic heterocycles. The number of fused-ring (bicyclic) bond motifs is 5. The van der Waals surface area contributed by atoms with Crippen molar-refractivity contribution in [2.24, 2.45) is 17.3 Å². The van der Waals surface area contributed by atoms with E-state index in [0.717, 1.165) is 51.9 Å². The average molecular weight is 444 g/mol. The number of hydrogen-bond acceptors (Lipinski definition) is 6. The standard InChI is InChI=1S/C25H29N7O/c1-5-14-6-7-15-17(25(14,15)4)18-19-22(32-8-9-33-24(2,3)23(32)30-19)31-20(29-18)13-10-16-21(26-11-13)28-12-27-16/h10-12,14-15,17H,5-9H2,1-4H3,(H,26,27,28). The second kappa shape index (κ2) is 6.38.